The SMILES string of the molecule is NC(CCCNC1CCc2ccccc21)=NO. The molecule has 0 heterocycles. The first-order chi connectivity index (χ1) is 8.31. The maximum Gasteiger partial charge on any atom is 0.139 e. The molecule has 0 saturated carbocycles. The van der Waals surface area contributed by atoms with Gasteiger partial charge in [-0.2, -0.15) is 0 Å². The van der Waals surface area contributed by atoms with Crippen LogP contribution in [0.25, 0.3) is 0 Å². The zero-order chi connectivity index (χ0) is 12.1. The zero-order valence-corrected chi connectivity index (χ0v) is 9.89. The van der Waals surface area contributed by atoms with Crippen molar-refractivity contribution in [2.45, 2.75) is 31.7 Å². The van der Waals surface area contributed by atoms with Gasteiger partial charge in [0.15, 0.2) is 0 Å². The Bertz CT molecular complexity index is 403. The van der Waals surface area contributed by atoms with Gasteiger partial charge in [0.1, 0.15) is 5.84 Å². The van der Waals surface area contributed by atoms with E-state index in [-0.39, 0.29) is 0 Å². The second-order valence-electron chi connectivity index (χ2n) is 4.44. The predicted molar refractivity (Wildman–Crippen MR) is 68.1 cm³/mol. The van der Waals surface area contributed by atoms with Crippen molar-refractivity contribution >= 4 is 5.84 Å². The first-order valence-corrected chi connectivity index (χ1v) is 6.09. The van der Waals surface area contributed by atoms with Crippen LogP contribution in [0.15, 0.2) is 29.4 Å². The van der Waals surface area contributed by atoms with Crippen LogP contribution in [0.1, 0.15) is 36.4 Å². The van der Waals surface area contributed by atoms with E-state index in [1.807, 2.05) is 0 Å². The summed E-state index contributed by atoms with van der Waals surface area (Å²) >= 11 is 0. The van der Waals surface area contributed by atoms with E-state index in [0.717, 1.165) is 19.4 Å². The summed E-state index contributed by atoms with van der Waals surface area (Å²) in [6, 6.07) is 9.06. The summed E-state index contributed by atoms with van der Waals surface area (Å²) in [7, 11) is 0. The number of rotatable bonds is 5. The predicted octanol–water partition coefficient (Wildman–Crippen LogP) is 1.79. The molecule has 1 aliphatic rings. The molecule has 4 nitrogen and oxygen atoms in total. The minimum atomic E-state index is 0.304. The molecule has 4 heteroatoms. The lowest BCUT2D eigenvalue weighted by Crippen LogP contribution is -2.22. The topological polar surface area (TPSA) is 70.6 Å². The molecular formula is C13H19N3O. The van der Waals surface area contributed by atoms with Crippen molar-refractivity contribution in [2.24, 2.45) is 10.9 Å². The molecule has 0 spiro atoms. The van der Waals surface area contributed by atoms with Crippen molar-refractivity contribution in [1.82, 2.24) is 5.32 Å². The number of nitrogens with zero attached hydrogens (tertiary/aromatic N) is 1. The number of nitrogens with one attached hydrogen (secondary N) is 1. The Morgan fingerprint density at radius 2 is 2.29 bits per heavy atom. The molecule has 1 aromatic carbocycles. The Kier molecular flexibility index (Phi) is 3.98. The highest BCUT2D eigenvalue weighted by molar-refractivity contribution is 5.79. The van der Waals surface area contributed by atoms with Crippen LogP contribution in [0, 0.1) is 0 Å². The maximum absolute atomic E-state index is 8.42. The van der Waals surface area contributed by atoms with Crippen LogP contribution in [-0.4, -0.2) is 17.6 Å². The monoisotopic (exact) mass is 233 g/mol. The number of amidine groups is 1. The average molecular weight is 233 g/mol. The molecule has 92 valence electrons. The lowest BCUT2D eigenvalue weighted by Gasteiger charge is -2.13. The van der Waals surface area contributed by atoms with Gasteiger partial charge in [0.2, 0.25) is 0 Å². The molecule has 0 bridgehead atoms. The number of aryl methyl sites for hydroxylation is 1. The van der Waals surface area contributed by atoms with E-state index in [0.29, 0.717) is 18.3 Å². The minimum Gasteiger partial charge on any atom is -0.409 e. The maximum atomic E-state index is 8.42. The first kappa shape index (κ1) is 11.9. The lowest BCUT2D eigenvalue weighted by molar-refractivity contribution is 0.316. The fourth-order valence-corrected chi connectivity index (χ4v) is 2.36. The van der Waals surface area contributed by atoms with Gasteiger partial charge in [-0.15, -0.1) is 0 Å². The molecular weight excluding hydrogens is 214 g/mol. The second-order valence-corrected chi connectivity index (χ2v) is 4.44. The fourth-order valence-electron chi connectivity index (χ4n) is 2.36. The van der Waals surface area contributed by atoms with E-state index >= 15 is 0 Å². The summed E-state index contributed by atoms with van der Waals surface area (Å²) in [5, 5.41) is 14.9. The van der Waals surface area contributed by atoms with Gasteiger partial charge in [-0.1, -0.05) is 29.4 Å². The Balaban J connectivity index is 1.78. The van der Waals surface area contributed by atoms with Gasteiger partial charge in [0.05, 0.1) is 0 Å². The van der Waals surface area contributed by atoms with Crippen LogP contribution in [-0.2, 0) is 6.42 Å². The number of hydrogen-bond acceptors (Lipinski definition) is 3. The molecule has 2 rings (SSSR count). The van der Waals surface area contributed by atoms with Crippen molar-refractivity contribution in [1.29, 1.82) is 0 Å². The van der Waals surface area contributed by atoms with Gasteiger partial charge in [-0.25, -0.2) is 0 Å². The Morgan fingerprint density at radius 3 is 3.12 bits per heavy atom. The normalized spacial score (nSPS) is 19.3. The Morgan fingerprint density at radius 1 is 1.47 bits per heavy atom. The average Bonchev–Trinajstić information content (AvgIpc) is 2.78. The lowest BCUT2D eigenvalue weighted by atomic mass is 10.1. The van der Waals surface area contributed by atoms with Crippen LogP contribution >= 0.6 is 0 Å². The van der Waals surface area contributed by atoms with Crippen LogP contribution in [0.2, 0.25) is 0 Å². The summed E-state index contributed by atoms with van der Waals surface area (Å²) < 4.78 is 0. The molecule has 4 N–H and O–H groups in total. The van der Waals surface area contributed by atoms with Gasteiger partial charge in [0, 0.05) is 12.5 Å². The van der Waals surface area contributed by atoms with Crippen molar-refractivity contribution in [3.8, 4) is 0 Å². The van der Waals surface area contributed by atoms with Gasteiger partial charge in [-0.3, -0.25) is 0 Å². The van der Waals surface area contributed by atoms with Gasteiger partial charge in [-0.05, 0) is 36.9 Å². The highest BCUT2D eigenvalue weighted by Crippen LogP contribution is 2.30. The van der Waals surface area contributed by atoms with Crippen molar-refractivity contribution in [3.63, 3.8) is 0 Å². The number of benzene rings is 1. The summed E-state index contributed by atoms with van der Waals surface area (Å²) in [4.78, 5) is 0. The quantitative estimate of drug-likeness (QED) is 0.239. The molecule has 1 unspecified atom stereocenters. The first-order valence-electron chi connectivity index (χ1n) is 6.09. The van der Waals surface area contributed by atoms with Gasteiger partial charge < -0.3 is 16.3 Å². The second kappa shape index (κ2) is 5.68. The number of oxime groups is 1. The number of hydrogen-bond donors (Lipinski definition) is 3. The Labute approximate surface area is 102 Å². The molecule has 1 aliphatic carbocycles. The van der Waals surface area contributed by atoms with Crippen molar-refractivity contribution in [2.75, 3.05) is 6.54 Å². The summed E-state index contributed by atoms with van der Waals surface area (Å²) in [6.45, 7) is 0.898. The molecule has 0 radical (unpaired) electrons. The van der Waals surface area contributed by atoms with Crippen molar-refractivity contribution in [3.05, 3.63) is 35.4 Å². The molecule has 1 aromatic rings. The molecule has 0 fully saturated rings. The third kappa shape index (κ3) is 2.97. The van der Waals surface area contributed by atoms with E-state index < -0.39 is 0 Å². The number of nitrogens with two attached hydrogens (primary N) is 1. The highest BCUT2D eigenvalue weighted by atomic mass is 16.4. The largest absolute Gasteiger partial charge is 0.409 e. The summed E-state index contributed by atoms with van der Waals surface area (Å²) in [5.41, 5.74) is 8.30. The zero-order valence-electron chi connectivity index (χ0n) is 9.89. The van der Waals surface area contributed by atoms with E-state index in [9.17, 15) is 0 Å². The van der Waals surface area contributed by atoms with E-state index in [2.05, 4.69) is 34.7 Å². The number of fused-ring (bicyclic) bond motifs is 1. The third-order valence-corrected chi connectivity index (χ3v) is 3.26. The molecule has 0 amide bonds. The summed E-state index contributed by atoms with van der Waals surface area (Å²) in [6.07, 6.45) is 3.86. The molecule has 1 atom stereocenters. The molecule has 0 aliphatic heterocycles. The van der Waals surface area contributed by atoms with E-state index in [4.69, 9.17) is 10.9 Å². The van der Waals surface area contributed by atoms with Crippen LogP contribution in [0.3, 0.4) is 0 Å². The Hall–Kier alpha value is -1.55. The molecule has 17 heavy (non-hydrogen) atoms. The molecule has 0 saturated heterocycles. The van der Waals surface area contributed by atoms with E-state index in [1.165, 1.54) is 17.5 Å². The fraction of sp³-hybridized carbons (Fsp3) is 0.462. The highest BCUT2D eigenvalue weighted by Gasteiger charge is 2.20. The van der Waals surface area contributed by atoms with E-state index in [1.54, 1.807) is 0 Å². The smallest absolute Gasteiger partial charge is 0.139 e. The van der Waals surface area contributed by atoms with Gasteiger partial charge in [0.25, 0.3) is 0 Å². The molecule has 0 aromatic heterocycles. The van der Waals surface area contributed by atoms with Crippen molar-refractivity contribution < 1.29 is 5.21 Å². The van der Waals surface area contributed by atoms with Gasteiger partial charge >= 0.3 is 0 Å². The minimum absolute atomic E-state index is 0.304. The third-order valence-electron chi connectivity index (χ3n) is 3.26. The van der Waals surface area contributed by atoms with Crippen LogP contribution in [0.4, 0.5) is 0 Å². The van der Waals surface area contributed by atoms with Crippen LogP contribution < -0.4 is 11.1 Å². The summed E-state index contributed by atoms with van der Waals surface area (Å²) in [5.74, 6) is 0.304. The van der Waals surface area contributed by atoms with Crippen LogP contribution in [0.5, 0.6) is 0 Å². The standard InChI is InChI=1S/C13H19N3O/c14-13(16-17)6-3-9-15-12-8-7-10-4-1-2-5-11(10)12/h1-2,4-5,12,15,17H,3,6-9H2,(H2,14,16).